The molecule has 1 fully saturated rings. The minimum Gasteiger partial charge on any atom is -0.375 e. The molecule has 1 saturated heterocycles. The van der Waals surface area contributed by atoms with E-state index in [0.29, 0.717) is 18.2 Å². The SMILES string of the molecule is CC1CC(NCc2nc3ccccc3[nH]2)CC(C)O1. The van der Waals surface area contributed by atoms with E-state index in [1.54, 1.807) is 0 Å². The molecule has 2 atom stereocenters. The van der Waals surface area contributed by atoms with Gasteiger partial charge in [-0.3, -0.25) is 0 Å². The van der Waals surface area contributed by atoms with Crippen LogP contribution in [-0.2, 0) is 11.3 Å². The predicted octanol–water partition coefficient (Wildman–Crippen LogP) is 2.61. The van der Waals surface area contributed by atoms with E-state index in [1.807, 2.05) is 18.2 Å². The zero-order chi connectivity index (χ0) is 13.2. The van der Waals surface area contributed by atoms with E-state index >= 15 is 0 Å². The number of hydrogen-bond donors (Lipinski definition) is 2. The van der Waals surface area contributed by atoms with E-state index < -0.39 is 0 Å². The second-order valence-corrected chi connectivity index (χ2v) is 5.51. The number of fused-ring (bicyclic) bond motifs is 1. The van der Waals surface area contributed by atoms with Crippen LogP contribution < -0.4 is 5.32 Å². The molecule has 0 radical (unpaired) electrons. The summed E-state index contributed by atoms with van der Waals surface area (Å²) in [4.78, 5) is 7.94. The summed E-state index contributed by atoms with van der Waals surface area (Å²) in [6.07, 6.45) is 2.84. The van der Waals surface area contributed by atoms with Gasteiger partial charge in [0.1, 0.15) is 5.82 Å². The van der Waals surface area contributed by atoms with Crippen molar-refractivity contribution in [2.75, 3.05) is 0 Å². The Hall–Kier alpha value is -1.39. The molecule has 0 saturated carbocycles. The molecule has 1 aromatic heterocycles. The average molecular weight is 259 g/mol. The molecule has 0 amide bonds. The van der Waals surface area contributed by atoms with Gasteiger partial charge in [-0.25, -0.2) is 4.98 Å². The van der Waals surface area contributed by atoms with Crippen LogP contribution in [-0.4, -0.2) is 28.2 Å². The number of para-hydroxylation sites is 2. The summed E-state index contributed by atoms with van der Waals surface area (Å²) in [5.74, 6) is 1.01. The summed E-state index contributed by atoms with van der Waals surface area (Å²) >= 11 is 0. The molecule has 1 aliphatic heterocycles. The molecular weight excluding hydrogens is 238 g/mol. The minimum atomic E-state index is 0.344. The first-order valence-electron chi connectivity index (χ1n) is 7.03. The van der Waals surface area contributed by atoms with Gasteiger partial charge in [-0.05, 0) is 38.8 Å². The number of imidazole rings is 1. The Bertz CT molecular complexity index is 508. The Labute approximate surface area is 113 Å². The lowest BCUT2D eigenvalue weighted by Crippen LogP contribution is -2.41. The van der Waals surface area contributed by atoms with E-state index in [2.05, 4.69) is 35.2 Å². The fourth-order valence-electron chi connectivity index (χ4n) is 2.90. The molecule has 4 heteroatoms. The number of rotatable bonds is 3. The van der Waals surface area contributed by atoms with Crippen LogP contribution in [0.5, 0.6) is 0 Å². The van der Waals surface area contributed by atoms with Crippen molar-refractivity contribution in [3.63, 3.8) is 0 Å². The van der Waals surface area contributed by atoms with Crippen LogP contribution in [0.1, 0.15) is 32.5 Å². The fourth-order valence-corrected chi connectivity index (χ4v) is 2.90. The van der Waals surface area contributed by atoms with Crippen LogP contribution in [0.15, 0.2) is 24.3 Å². The summed E-state index contributed by atoms with van der Waals surface area (Å²) in [7, 11) is 0. The van der Waals surface area contributed by atoms with Crippen molar-refractivity contribution in [2.24, 2.45) is 0 Å². The quantitative estimate of drug-likeness (QED) is 0.891. The summed E-state index contributed by atoms with van der Waals surface area (Å²) < 4.78 is 5.75. The fraction of sp³-hybridized carbons (Fsp3) is 0.533. The molecular formula is C15H21N3O. The number of hydrogen-bond acceptors (Lipinski definition) is 3. The standard InChI is InChI=1S/C15H21N3O/c1-10-7-12(8-11(2)19-10)16-9-15-17-13-5-3-4-6-14(13)18-15/h3-6,10-12,16H,7-9H2,1-2H3,(H,17,18). The summed E-state index contributed by atoms with van der Waals surface area (Å²) in [5, 5.41) is 3.59. The smallest absolute Gasteiger partial charge is 0.121 e. The van der Waals surface area contributed by atoms with Gasteiger partial charge in [0.15, 0.2) is 0 Å². The second kappa shape index (κ2) is 5.31. The lowest BCUT2D eigenvalue weighted by molar-refractivity contribution is -0.0423. The summed E-state index contributed by atoms with van der Waals surface area (Å²) in [5.41, 5.74) is 2.14. The van der Waals surface area contributed by atoms with E-state index in [4.69, 9.17) is 4.74 Å². The van der Waals surface area contributed by atoms with Crippen molar-refractivity contribution >= 4 is 11.0 Å². The van der Waals surface area contributed by atoms with Crippen LogP contribution in [0.3, 0.4) is 0 Å². The highest BCUT2D eigenvalue weighted by Gasteiger charge is 2.23. The van der Waals surface area contributed by atoms with Gasteiger partial charge >= 0.3 is 0 Å². The molecule has 3 rings (SSSR count). The third kappa shape index (κ3) is 2.96. The van der Waals surface area contributed by atoms with Gasteiger partial charge in [0, 0.05) is 6.04 Å². The van der Waals surface area contributed by atoms with Gasteiger partial charge in [-0.1, -0.05) is 12.1 Å². The zero-order valence-corrected chi connectivity index (χ0v) is 11.5. The number of benzene rings is 1. The summed E-state index contributed by atoms with van der Waals surface area (Å²) in [6.45, 7) is 5.08. The van der Waals surface area contributed by atoms with Gasteiger partial charge in [0.25, 0.3) is 0 Å². The number of H-pyrrole nitrogens is 1. The van der Waals surface area contributed by atoms with Gasteiger partial charge < -0.3 is 15.0 Å². The monoisotopic (exact) mass is 259 g/mol. The predicted molar refractivity (Wildman–Crippen MR) is 76.0 cm³/mol. The normalized spacial score (nSPS) is 27.8. The zero-order valence-electron chi connectivity index (χ0n) is 11.5. The number of aromatic amines is 1. The average Bonchev–Trinajstić information content (AvgIpc) is 2.78. The largest absolute Gasteiger partial charge is 0.375 e. The third-order valence-corrected chi connectivity index (χ3v) is 3.69. The van der Waals surface area contributed by atoms with Crippen molar-refractivity contribution in [3.05, 3.63) is 30.1 Å². The molecule has 1 aliphatic rings. The van der Waals surface area contributed by atoms with Crippen molar-refractivity contribution in [1.82, 2.24) is 15.3 Å². The number of ether oxygens (including phenoxy) is 1. The lowest BCUT2D eigenvalue weighted by Gasteiger charge is -2.32. The molecule has 2 unspecified atom stereocenters. The molecule has 0 spiro atoms. The topological polar surface area (TPSA) is 49.9 Å². The lowest BCUT2D eigenvalue weighted by atomic mass is 10.00. The Morgan fingerprint density at radius 3 is 2.74 bits per heavy atom. The maximum absolute atomic E-state index is 5.75. The van der Waals surface area contributed by atoms with Crippen LogP contribution in [0.25, 0.3) is 11.0 Å². The first-order valence-corrected chi connectivity index (χ1v) is 7.03. The molecule has 0 bridgehead atoms. The number of aromatic nitrogens is 2. The molecule has 2 heterocycles. The highest BCUT2D eigenvalue weighted by molar-refractivity contribution is 5.74. The van der Waals surface area contributed by atoms with Gasteiger partial charge in [-0.15, -0.1) is 0 Å². The van der Waals surface area contributed by atoms with Crippen molar-refractivity contribution in [1.29, 1.82) is 0 Å². The molecule has 102 valence electrons. The van der Waals surface area contributed by atoms with Gasteiger partial charge in [-0.2, -0.15) is 0 Å². The molecule has 4 nitrogen and oxygen atoms in total. The van der Waals surface area contributed by atoms with Crippen LogP contribution in [0, 0.1) is 0 Å². The maximum atomic E-state index is 5.75. The first-order chi connectivity index (χ1) is 9.20. The van der Waals surface area contributed by atoms with Crippen molar-refractivity contribution in [2.45, 2.75) is 51.5 Å². The Kier molecular flexibility index (Phi) is 3.53. The van der Waals surface area contributed by atoms with Crippen molar-refractivity contribution < 1.29 is 4.74 Å². The molecule has 0 aliphatic carbocycles. The van der Waals surface area contributed by atoms with Crippen molar-refractivity contribution in [3.8, 4) is 0 Å². The van der Waals surface area contributed by atoms with E-state index in [9.17, 15) is 0 Å². The Balaban J connectivity index is 1.62. The molecule has 19 heavy (non-hydrogen) atoms. The van der Waals surface area contributed by atoms with Crippen LogP contribution in [0.2, 0.25) is 0 Å². The maximum Gasteiger partial charge on any atom is 0.121 e. The van der Waals surface area contributed by atoms with Crippen LogP contribution in [0.4, 0.5) is 0 Å². The Morgan fingerprint density at radius 2 is 2.00 bits per heavy atom. The second-order valence-electron chi connectivity index (χ2n) is 5.51. The van der Waals surface area contributed by atoms with Gasteiger partial charge in [0.05, 0.1) is 29.8 Å². The minimum absolute atomic E-state index is 0.344. The molecule has 1 aromatic carbocycles. The van der Waals surface area contributed by atoms with E-state index in [0.717, 1.165) is 36.2 Å². The Morgan fingerprint density at radius 1 is 1.26 bits per heavy atom. The highest BCUT2D eigenvalue weighted by Crippen LogP contribution is 2.19. The summed E-state index contributed by atoms with van der Waals surface area (Å²) in [6, 6.07) is 8.66. The van der Waals surface area contributed by atoms with Crippen LogP contribution >= 0.6 is 0 Å². The highest BCUT2D eigenvalue weighted by atomic mass is 16.5. The third-order valence-electron chi connectivity index (χ3n) is 3.69. The first kappa shape index (κ1) is 12.6. The van der Waals surface area contributed by atoms with E-state index in [1.165, 1.54) is 0 Å². The van der Waals surface area contributed by atoms with E-state index in [-0.39, 0.29) is 0 Å². The van der Waals surface area contributed by atoms with Gasteiger partial charge in [0.2, 0.25) is 0 Å². The molecule has 2 aromatic rings. The number of nitrogens with one attached hydrogen (secondary N) is 2. The number of nitrogens with zero attached hydrogens (tertiary/aromatic N) is 1. The molecule has 2 N–H and O–H groups in total.